The van der Waals surface area contributed by atoms with Crippen LogP contribution in [0.5, 0.6) is 0 Å². The SMILES string of the molecule is CCOCCOCC(=O)NC[C@@H](F)C(=O)O. The van der Waals surface area contributed by atoms with Crippen molar-refractivity contribution in [2.24, 2.45) is 0 Å². The first-order valence-corrected chi connectivity index (χ1v) is 4.87. The number of amides is 1. The van der Waals surface area contributed by atoms with Crippen LogP contribution in [-0.2, 0) is 19.1 Å². The molecule has 0 aromatic heterocycles. The Kier molecular flexibility index (Phi) is 8.36. The van der Waals surface area contributed by atoms with Crippen molar-refractivity contribution < 1.29 is 28.6 Å². The largest absolute Gasteiger partial charge is 0.479 e. The van der Waals surface area contributed by atoms with Crippen LogP contribution >= 0.6 is 0 Å². The number of alkyl halides is 1. The Morgan fingerprint density at radius 2 is 2.00 bits per heavy atom. The minimum atomic E-state index is -2.09. The Morgan fingerprint density at radius 1 is 1.38 bits per heavy atom. The molecule has 0 fully saturated rings. The van der Waals surface area contributed by atoms with Crippen LogP contribution in [0.1, 0.15) is 6.92 Å². The molecule has 0 spiro atoms. The van der Waals surface area contributed by atoms with Gasteiger partial charge in [-0.25, -0.2) is 9.18 Å². The number of aliphatic carboxylic acids is 1. The zero-order chi connectivity index (χ0) is 12.4. The van der Waals surface area contributed by atoms with Crippen LogP contribution in [0.15, 0.2) is 0 Å². The topological polar surface area (TPSA) is 84.9 Å². The van der Waals surface area contributed by atoms with Crippen molar-refractivity contribution in [1.82, 2.24) is 5.32 Å². The Labute approximate surface area is 92.7 Å². The van der Waals surface area contributed by atoms with E-state index in [1.165, 1.54) is 0 Å². The third-order valence-corrected chi connectivity index (χ3v) is 1.56. The number of hydrogen-bond acceptors (Lipinski definition) is 4. The van der Waals surface area contributed by atoms with E-state index in [1.54, 1.807) is 0 Å². The van der Waals surface area contributed by atoms with Gasteiger partial charge in [0.2, 0.25) is 12.1 Å². The van der Waals surface area contributed by atoms with E-state index in [0.717, 1.165) is 0 Å². The second-order valence-corrected chi connectivity index (χ2v) is 2.86. The molecule has 0 saturated heterocycles. The Morgan fingerprint density at radius 3 is 2.56 bits per heavy atom. The molecule has 2 N–H and O–H groups in total. The molecule has 94 valence electrons. The van der Waals surface area contributed by atoms with E-state index in [4.69, 9.17) is 14.6 Å². The maximum atomic E-state index is 12.5. The quantitative estimate of drug-likeness (QED) is 0.532. The van der Waals surface area contributed by atoms with Gasteiger partial charge < -0.3 is 19.9 Å². The Balaban J connectivity index is 3.41. The highest BCUT2D eigenvalue weighted by molar-refractivity contribution is 5.78. The predicted octanol–water partition coefficient (Wildman–Crippen LogP) is -0.422. The summed E-state index contributed by atoms with van der Waals surface area (Å²) in [5, 5.41) is 10.3. The average Bonchev–Trinajstić information content (AvgIpc) is 2.25. The highest BCUT2D eigenvalue weighted by Crippen LogP contribution is 1.88. The first-order valence-electron chi connectivity index (χ1n) is 4.87. The van der Waals surface area contributed by atoms with E-state index >= 15 is 0 Å². The van der Waals surface area contributed by atoms with Crippen LogP contribution in [0, 0.1) is 0 Å². The number of hydrogen-bond donors (Lipinski definition) is 2. The summed E-state index contributed by atoms with van der Waals surface area (Å²) in [5.74, 6) is -2.15. The number of carbonyl (C=O) groups is 2. The predicted molar refractivity (Wildman–Crippen MR) is 52.9 cm³/mol. The molecule has 0 radical (unpaired) electrons. The molecule has 1 atom stereocenters. The van der Waals surface area contributed by atoms with Crippen molar-refractivity contribution in [2.45, 2.75) is 13.1 Å². The molecule has 0 aromatic carbocycles. The third-order valence-electron chi connectivity index (χ3n) is 1.56. The van der Waals surface area contributed by atoms with Gasteiger partial charge in [0, 0.05) is 6.61 Å². The van der Waals surface area contributed by atoms with Crippen molar-refractivity contribution in [3.05, 3.63) is 0 Å². The summed E-state index contributed by atoms with van der Waals surface area (Å²) in [7, 11) is 0. The Hall–Kier alpha value is -1.21. The monoisotopic (exact) mass is 237 g/mol. The maximum Gasteiger partial charge on any atom is 0.340 e. The molecule has 0 bridgehead atoms. The van der Waals surface area contributed by atoms with Crippen molar-refractivity contribution in [3.63, 3.8) is 0 Å². The molecule has 0 unspecified atom stereocenters. The van der Waals surface area contributed by atoms with Gasteiger partial charge in [-0.15, -0.1) is 0 Å². The van der Waals surface area contributed by atoms with Gasteiger partial charge in [0.1, 0.15) is 6.61 Å². The summed E-state index contributed by atoms with van der Waals surface area (Å²) in [4.78, 5) is 21.0. The summed E-state index contributed by atoms with van der Waals surface area (Å²) in [6.45, 7) is 2.25. The number of nitrogens with one attached hydrogen (secondary N) is 1. The minimum absolute atomic E-state index is 0.237. The van der Waals surface area contributed by atoms with Crippen molar-refractivity contribution >= 4 is 11.9 Å². The maximum absolute atomic E-state index is 12.5. The molecule has 0 aliphatic rings. The normalized spacial score (nSPS) is 12.1. The van der Waals surface area contributed by atoms with Crippen LogP contribution in [0.3, 0.4) is 0 Å². The van der Waals surface area contributed by atoms with Gasteiger partial charge in [0.15, 0.2) is 0 Å². The first-order chi connectivity index (χ1) is 7.57. The van der Waals surface area contributed by atoms with Gasteiger partial charge in [0.05, 0.1) is 19.8 Å². The highest BCUT2D eigenvalue weighted by Gasteiger charge is 2.16. The zero-order valence-corrected chi connectivity index (χ0v) is 9.07. The van der Waals surface area contributed by atoms with Gasteiger partial charge in [-0.2, -0.15) is 0 Å². The molecule has 6 nitrogen and oxygen atoms in total. The fourth-order valence-electron chi connectivity index (χ4n) is 0.769. The number of rotatable bonds is 9. The van der Waals surface area contributed by atoms with E-state index in [9.17, 15) is 14.0 Å². The molecule has 0 rings (SSSR count). The Bertz CT molecular complexity index is 224. The average molecular weight is 237 g/mol. The lowest BCUT2D eigenvalue weighted by molar-refractivity contribution is -0.142. The van der Waals surface area contributed by atoms with Crippen LogP contribution in [0.25, 0.3) is 0 Å². The fourth-order valence-corrected chi connectivity index (χ4v) is 0.769. The second kappa shape index (κ2) is 9.05. The van der Waals surface area contributed by atoms with E-state index in [2.05, 4.69) is 5.32 Å². The van der Waals surface area contributed by atoms with Crippen LogP contribution < -0.4 is 5.32 Å². The molecule has 16 heavy (non-hydrogen) atoms. The molecule has 0 aliphatic carbocycles. The molecule has 0 aliphatic heterocycles. The highest BCUT2D eigenvalue weighted by atomic mass is 19.1. The number of ether oxygens (including phenoxy) is 2. The van der Waals surface area contributed by atoms with Gasteiger partial charge in [-0.05, 0) is 6.92 Å². The smallest absolute Gasteiger partial charge is 0.340 e. The summed E-state index contributed by atoms with van der Waals surface area (Å²) in [6.07, 6.45) is -2.09. The second-order valence-electron chi connectivity index (χ2n) is 2.86. The number of carbonyl (C=O) groups excluding carboxylic acids is 1. The molecule has 1 amide bonds. The number of carboxylic acid groups (broad SMARTS) is 1. The lowest BCUT2D eigenvalue weighted by atomic mass is 10.4. The number of carboxylic acids is 1. The summed E-state index contributed by atoms with van der Waals surface area (Å²) >= 11 is 0. The lowest BCUT2D eigenvalue weighted by Gasteiger charge is -2.07. The molecular weight excluding hydrogens is 221 g/mol. The van der Waals surface area contributed by atoms with Gasteiger partial charge in [-0.1, -0.05) is 0 Å². The standard InChI is InChI=1S/C9H16FNO5/c1-2-15-3-4-16-6-8(12)11-5-7(10)9(13)14/h7H,2-6H2,1H3,(H,11,12)(H,13,14)/t7-/m1/s1. The minimum Gasteiger partial charge on any atom is -0.479 e. The van der Waals surface area contributed by atoms with Gasteiger partial charge in [0.25, 0.3) is 0 Å². The van der Waals surface area contributed by atoms with Gasteiger partial charge in [-0.3, -0.25) is 4.79 Å². The van der Waals surface area contributed by atoms with Crippen molar-refractivity contribution in [3.8, 4) is 0 Å². The third kappa shape index (κ3) is 8.13. The number of halogens is 1. The van der Waals surface area contributed by atoms with E-state index in [-0.39, 0.29) is 13.2 Å². The molecule has 7 heteroatoms. The van der Waals surface area contributed by atoms with Crippen LogP contribution in [-0.4, -0.2) is 56.1 Å². The van der Waals surface area contributed by atoms with Crippen molar-refractivity contribution in [1.29, 1.82) is 0 Å². The van der Waals surface area contributed by atoms with E-state index < -0.39 is 24.6 Å². The van der Waals surface area contributed by atoms with Crippen LogP contribution in [0.4, 0.5) is 4.39 Å². The van der Waals surface area contributed by atoms with E-state index in [0.29, 0.717) is 13.2 Å². The zero-order valence-electron chi connectivity index (χ0n) is 9.07. The molecule has 0 saturated carbocycles. The van der Waals surface area contributed by atoms with E-state index in [1.807, 2.05) is 6.92 Å². The molecule has 0 aromatic rings. The first kappa shape index (κ1) is 14.8. The summed E-state index contributed by atoms with van der Waals surface area (Å²) in [6, 6.07) is 0. The molecular formula is C9H16FNO5. The fraction of sp³-hybridized carbons (Fsp3) is 0.778. The van der Waals surface area contributed by atoms with Crippen molar-refractivity contribution in [2.75, 3.05) is 33.0 Å². The van der Waals surface area contributed by atoms with Crippen LogP contribution in [0.2, 0.25) is 0 Å². The van der Waals surface area contributed by atoms with Gasteiger partial charge >= 0.3 is 5.97 Å². The summed E-state index contributed by atoms with van der Waals surface area (Å²) in [5.41, 5.74) is 0. The summed E-state index contributed by atoms with van der Waals surface area (Å²) < 4.78 is 22.3. The molecule has 0 heterocycles. The lowest BCUT2D eigenvalue weighted by Crippen LogP contribution is -2.36.